The number of amides is 2. The molecule has 166 valence electrons. The first kappa shape index (κ1) is 21.6. The first-order valence-corrected chi connectivity index (χ1v) is 11.1. The minimum atomic E-state index is -0.809. The Morgan fingerprint density at radius 1 is 0.939 bits per heavy atom. The smallest absolute Gasteiger partial charge is 0.249 e. The molecule has 3 aromatic rings. The topological polar surface area (TPSA) is 70.6 Å². The molecule has 0 spiro atoms. The number of aliphatic imine (C=N–C) groups is 1. The average molecular weight is 482 g/mol. The highest BCUT2D eigenvalue weighted by Gasteiger charge is 2.30. The number of anilines is 2. The number of hydrogen-bond acceptors (Lipinski definition) is 3. The van der Waals surface area contributed by atoms with Gasteiger partial charge in [0.15, 0.2) is 0 Å². The molecule has 0 bridgehead atoms. The molecule has 2 unspecified atom stereocenters. The fourth-order valence-electron chi connectivity index (χ4n) is 4.16. The van der Waals surface area contributed by atoms with E-state index in [0.29, 0.717) is 27.5 Å². The lowest BCUT2D eigenvalue weighted by atomic mass is 9.96. The molecule has 0 aromatic heterocycles. The lowest BCUT2D eigenvalue weighted by Gasteiger charge is -2.13. The molecule has 0 saturated heterocycles. The van der Waals surface area contributed by atoms with Crippen LogP contribution in [-0.4, -0.2) is 23.6 Å². The van der Waals surface area contributed by atoms with E-state index >= 15 is 0 Å². The van der Waals surface area contributed by atoms with Crippen molar-refractivity contribution in [1.29, 1.82) is 0 Å². The predicted molar refractivity (Wildman–Crippen MR) is 128 cm³/mol. The summed E-state index contributed by atoms with van der Waals surface area (Å²) in [5.74, 6) is -1.05. The summed E-state index contributed by atoms with van der Waals surface area (Å²) >= 11 is 12.5. The van der Waals surface area contributed by atoms with Crippen LogP contribution in [0.1, 0.15) is 35.1 Å². The molecular weight excluding hydrogens is 464 g/mol. The van der Waals surface area contributed by atoms with Crippen molar-refractivity contribution in [3.63, 3.8) is 0 Å². The van der Waals surface area contributed by atoms with E-state index < -0.39 is 11.9 Å². The van der Waals surface area contributed by atoms with Gasteiger partial charge < -0.3 is 10.6 Å². The minimum Gasteiger partial charge on any atom is -0.325 e. The SMILES string of the molecule is CC1C(=O)Nc2cc(C3=NC(Cc4ccc(F)cc4Cl)C(=O)Nc4ccc(Cl)cc43)ccc21. The molecule has 2 N–H and O–H groups in total. The lowest BCUT2D eigenvalue weighted by Crippen LogP contribution is -2.27. The van der Waals surface area contributed by atoms with Crippen molar-refractivity contribution in [3.05, 3.63) is 92.7 Å². The zero-order valence-electron chi connectivity index (χ0n) is 17.5. The van der Waals surface area contributed by atoms with Crippen LogP contribution in [0.15, 0.2) is 59.6 Å². The van der Waals surface area contributed by atoms with Gasteiger partial charge in [-0.3, -0.25) is 14.6 Å². The number of carbonyl (C=O) groups is 2. The summed E-state index contributed by atoms with van der Waals surface area (Å²) in [4.78, 5) is 30.0. The summed E-state index contributed by atoms with van der Waals surface area (Å²) in [6.07, 6.45) is 0.189. The van der Waals surface area contributed by atoms with Crippen molar-refractivity contribution in [2.45, 2.75) is 25.3 Å². The van der Waals surface area contributed by atoms with E-state index in [2.05, 4.69) is 10.6 Å². The molecule has 5 rings (SSSR count). The van der Waals surface area contributed by atoms with Crippen LogP contribution in [0.5, 0.6) is 0 Å². The molecule has 33 heavy (non-hydrogen) atoms. The van der Waals surface area contributed by atoms with Gasteiger partial charge in [-0.15, -0.1) is 0 Å². The van der Waals surface area contributed by atoms with E-state index in [-0.39, 0.29) is 29.2 Å². The van der Waals surface area contributed by atoms with E-state index in [4.69, 9.17) is 28.2 Å². The second-order valence-corrected chi connectivity index (χ2v) is 8.97. The molecule has 5 nitrogen and oxygen atoms in total. The first-order valence-electron chi connectivity index (χ1n) is 10.4. The maximum Gasteiger partial charge on any atom is 0.249 e. The quantitative estimate of drug-likeness (QED) is 0.511. The van der Waals surface area contributed by atoms with Crippen molar-refractivity contribution < 1.29 is 14.0 Å². The zero-order valence-corrected chi connectivity index (χ0v) is 19.0. The van der Waals surface area contributed by atoms with E-state index in [1.807, 2.05) is 25.1 Å². The highest BCUT2D eigenvalue weighted by Crippen LogP contribution is 2.35. The number of benzene rings is 3. The predicted octanol–water partition coefficient (Wildman–Crippen LogP) is 5.59. The Morgan fingerprint density at radius 3 is 2.52 bits per heavy atom. The highest BCUT2D eigenvalue weighted by molar-refractivity contribution is 6.32. The number of halogens is 3. The Morgan fingerprint density at radius 2 is 1.73 bits per heavy atom. The molecular formula is C25H18Cl2FN3O2. The second kappa shape index (κ2) is 8.28. The molecule has 0 fully saturated rings. The van der Waals surface area contributed by atoms with E-state index in [9.17, 15) is 14.0 Å². The minimum absolute atomic E-state index is 0.0610. The standard InChI is InChI=1S/C25H18Cl2FN3O2/c1-12-17-6-3-14(9-21(17)31-24(12)32)23-18-10-15(26)4-7-20(18)30-25(33)22(29-23)8-13-2-5-16(28)11-19(13)27/h2-7,9-12,22H,8H2,1H3,(H,30,33)(H,31,32). The van der Waals surface area contributed by atoms with Crippen molar-refractivity contribution in [2.24, 2.45) is 4.99 Å². The molecule has 2 aliphatic rings. The second-order valence-electron chi connectivity index (χ2n) is 8.13. The molecule has 8 heteroatoms. The maximum absolute atomic E-state index is 13.5. The Bertz CT molecular complexity index is 1360. The molecule has 0 saturated carbocycles. The Balaban J connectivity index is 1.63. The monoisotopic (exact) mass is 481 g/mol. The van der Waals surface area contributed by atoms with Crippen LogP contribution in [0.25, 0.3) is 0 Å². The molecule has 2 heterocycles. The third-order valence-corrected chi connectivity index (χ3v) is 6.54. The van der Waals surface area contributed by atoms with Crippen LogP contribution >= 0.6 is 23.2 Å². The maximum atomic E-state index is 13.5. The van der Waals surface area contributed by atoms with Crippen LogP contribution in [0.2, 0.25) is 10.0 Å². The van der Waals surface area contributed by atoms with Gasteiger partial charge in [-0.05, 0) is 54.4 Å². The molecule has 0 radical (unpaired) electrons. The zero-order chi connectivity index (χ0) is 23.3. The summed E-state index contributed by atoms with van der Waals surface area (Å²) in [5, 5.41) is 6.55. The summed E-state index contributed by atoms with van der Waals surface area (Å²) in [5.41, 5.74) is 4.78. The van der Waals surface area contributed by atoms with Crippen molar-refractivity contribution >= 4 is 52.1 Å². The van der Waals surface area contributed by atoms with E-state index in [1.165, 1.54) is 12.1 Å². The number of hydrogen-bond donors (Lipinski definition) is 2. The molecule has 2 aliphatic heterocycles. The first-order chi connectivity index (χ1) is 15.8. The van der Waals surface area contributed by atoms with Gasteiger partial charge in [0.25, 0.3) is 0 Å². The van der Waals surface area contributed by atoms with E-state index in [1.54, 1.807) is 24.3 Å². The summed E-state index contributed by atoms with van der Waals surface area (Å²) < 4.78 is 13.5. The van der Waals surface area contributed by atoms with Gasteiger partial charge in [0, 0.05) is 33.3 Å². The Kier molecular flexibility index (Phi) is 5.43. The van der Waals surface area contributed by atoms with Gasteiger partial charge in [0.2, 0.25) is 11.8 Å². The largest absolute Gasteiger partial charge is 0.325 e. The van der Waals surface area contributed by atoms with Gasteiger partial charge in [0.1, 0.15) is 11.9 Å². The molecule has 3 aromatic carbocycles. The third kappa shape index (κ3) is 4.01. The fourth-order valence-corrected chi connectivity index (χ4v) is 4.57. The highest BCUT2D eigenvalue weighted by atomic mass is 35.5. The van der Waals surface area contributed by atoms with Crippen LogP contribution in [0, 0.1) is 5.82 Å². The van der Waals surface area contributed by atoms with Crippen LogP contribution < -0.4 is 10.6 Å². The summed E-state index contributed by atoms with van der Waals surface area (Å²) in [7, 11) is 0. The van der Waals surface area contributed by atoms with Crippen molar-refractivity contribution in [2.75, 3.05) is 10.6 Å². The normalized spacial score (nSPS) is 19.2. The van der Waals surface area contributed by atoms with Gasteiger partial charge in [-0.1, -0.05) is 41.4 Å². The molecule has 2 atom stereocenters. The third-order valence-electron chi connectivity index (χ3n) is 5.95. The molecule has 2 amide bonds. The number of rotatable bonds is 3. The van der Waals surface area contributed by atoms with E-state index in [0.717, 1.165) is 16.8 Å². The summed E-state index contributed by atoms with van der Waals surface area (Å²) in [6.45, 7) is 1.85. The fraction of sp³-hybridized carbons (Fsp3) is 0.160. The number of benzodiazepines with no additional fused rings is 1. The van der Waals surface area contributed by atoms with Gasteiger partial charge >= 0.3 is 0 Å². The number of fused-ring (bicyclic) bond motifs is 2. The van der Waals surface area contributed by atoms with Gasteiger partial charge in [0.05, 0.1) is 17.3 Å². The number of nitrogens with zero attached hydrogens (tertiary/aromatic N) is 1. The van der Waals surface area contributed by atoms with Crippen LogP contribution in [0.4, 0.5) is 15.8 Å². The average Bonchev–Trinajstić information content (AvgIpc) is 2.98. The van der Waals surface area contributed by atoms with Gasteiger partial charge in [-0.25, -0.2) is 4.39 Å². The number of carbonyl (C=O) groups excluding carboxylic acids is 2. The van der Waals surface area contributed by atoms with Gasteiger partial charge in [-0.2, -0.15) is 0 Å². The van der Waals surface area contributed by atoms with Crippen molar-refractivity contribution in [3.8, 4) is 0 Å². The number of nitrogens with one attached hydrogen (secondary N) is 2. The molecule has 0 aliphatic carbocycles. The van der Waals surface area contributed by atoms with Crippen LogP contribution in [-0.2, 0) is 16.0 Å². The summed E-state index contributed by atoms with van der Waals surface area (Å²) in [6, 6.07) is 14.1. The Labute approximate surface area is 199 Å². The lowest BCUT2D eigenvalue weighted by molar-refractivity contribution is -0.117. The Hall–Kier alpha value is -3.22. The van der Waals surface area contributed by atoms with Crippen molar-refractivity contribution in [1.82, 2.24) is 0 Å². The van der Waals surface area contributed by atoms with Crippen LogP contribution in [0.3, 0.4) is 0 Å².